The molecule has 1 saturated heterocycles. The number of carbonyl (C=O) groups excluding carboxylic acids is 3. The predicted molar refractivity (Wildman–Crippen MR) is 119 cm³/mol. The van der Waals surface area contributed by atoms with Crippen LogP contribution in [-0.2, 0) is 16.0 Å². The average Bonchev–Trinajstić information content (AvgIpc) is 3.59. The molecule has 0 aromatic heterocycles. The summed E-state index contributed by atoms with van der Waals surface area (Å²) in [7, 11) is 0. The van der Waals surface area contributed by atoms with E-state index in [1.165, 1.54) is 10.5 Å². The largest absolute Gasteiger partial charge is 0.423 e. The van der Waals surface area contributed by atoms with Crippen molar-refractivity contribution in [2.45, 2.75) is 26.2 Å². The zero-order valence-electron chi connectivity index (χ0n) is 17.9. The highest BCUT2D eigenvalue weighted by molar-refractivity contribution is 6.23. The van der Waals surface area contributed by atoms with E-state index < -0.39 is 5.97 Å². The van der Waals surface area contributed by atoms with Crippen molar-refractivity contribution in [1.82, 2.24) is 0 Å². The van der Waals surface area contributed by atoms with E-state index in [1.54, 1.807) is 36.4 Å². The summed E-state index contributed by atoms with van der Waals surface area (Å²) < 4.78 is 5.53. The number of rotatable bonds is 5. The molecule has 2 amide bonds. The molecular formula is C27H25NO4. The van der Waals surface area contributed by atoms with E-state index in [-0.39, 0.29) is 35.5 Å². The van der Waals surface area contributed by atoms with E-state index in [9.17, 15) is 14.4 Å². The maximum absolute atomic E-state index is 13.3. The van der Waals surface area contributed by atoms with Crippen LogP contribution in [-0.4, -0.2) is 17.8 Å². The molecule has 5 aliphatic rings. The number of amides is 2. The van der Waals surface area contributed by atoms with Gasteiger partial charge in [-0.15, -0.1) is 0 Å². The van der Waals surface area contributed by atoms with Gasteiger partial charge in [0, 0.05) is 0 Å². The van der Waals surface area contributed by atoms with Crippen LogP contribution in [0.3, 0.4) is 0 Å². The minimum Gasteiger partial charge on any atom is -0.423 e. The second kappa shape index (κ2) is 7.16. The lowest BCUT2D eigenvalue weighted by Crippen LogP contribution is -2.40. The number of hydrogen-bond acceptors (Lipinski definition) is 4. The maximum atomic E-state index is 13.3. The fourth-order valence-corrected chi connectivity index (χ4v) is 6.16. The van der Waals surface area contributed by atoms with E-state index in [0.29, 0.717) is 28.8 Å². The summed E-state index contributed by atoms with van der Waals surface area (Å²) in [5.74, 6) is 0.706. The standard InChI is InChI=1S/C27H25NO4/c1-2-4-15-7-9-18(10-8-15)32-27(31)16-5-3-6-17(13-16)28-25(29)23-19-11-12-20(22-14-21(19)22)24(23)26(28)30/h3,5-13,19-24H,2,4,14H2,1H3/t19-,20+,21-,22-,23+,24+/m1/s1. The van der Waals surface area contributed by atoms with Gasteiger partial charge in [0.05, 0.1) is 23.1 Å². The average molecular weight is 428 g/mol. The monoisotopic (exact) mass is 427 g/mol. The van der Waals surface area contributed by atoms with Crippen LogP contribution in [0.15, 0.2) is 60.7 Å². The highest BCUT2D eigenvalue weighted by Crippen LogP contribution is 2.65. The normalized spacial score (nSPS) is 31.5. The van der Waals surface area contributed by atoms with Gasteiger partial charge >= 0.3 is 5.97 Å². The predicted octanol–water partition coefficient (Wildman–Crippen LogP) is 4.42. The first-order chi connectivity index (χ1) is 15.6. The quantitative estimate of drug-likeness (QED) is 0.307. The van der Waals surface area contributed by atoms with Gasteiger partial charge < -0.3 is 4.74 Å². The van der Waals surface area contributed by atoms with E-state index >= 15 is 0 Å². The number of allylic oxidation sites excluding steroid dienone is 2. The molecule has 6 atom stereocenters. The number of ether oxygens (including phenoxy) is 1. The minimum absolute atomic E-state index is 0.123. The maximum Gasteiger partial charge on any atom is 0.343 e. The van der Waals surface area contributed by atoms with Gasteiger partial charge in [-0.3, -0.25) is 9.59 Å². The van der Waals surface area contributed by atoms with Gasteiger partial charge in [-0.25, -0.2) is 9.69 Å². The first-order valence-corrected chi connectivity index (χ1v) is 11.5. The Morgan fingerprint density at radius 3 is 2.25 bits per heavy atom. The number of nitrogens with zero attached hydrogens (tertiary/aromatic N) is 1. The molecule has 0 radical (unpaired) electrons. The Morgan fingerprint density at radius 1 is 0.969 bits per heavy atom. The SMILES string of the molecule is CCCc1ccc(OC(=O)c2cccc(N3C(=O)[C@H]4[C@@H]5C=C[C@@H]([C@H]6C[C@H]56)[C@@H]4C3=O)c2)cc1. The Hall–Kier alpha value is -3.21. The van der Waals surface area contributed by atoms with Crippen molar-refractivity contribution in [3.05, 3.63) is 71.8 Å². The summed E-state index contributed by atoms with van der Waals surface area (Å²) in [4.78, 5) is 40.7. The molecular weight excluding hydrogens is 402 g/mol. The van der Waals surface area contributed by atoms with Gasteiger partial charge in [-0.2, -0.15) is 0 Å². The van der Waals surface area contributed by atoms with E-state index in [0.717, 1.165) is 19.3 Å². The minimum atomic E-state index is -0.505. The number of aryl methyl sites for hydroxylation is 1. The van der Waals surface area contributed by atoms with E-state index in [2.05, 4.69) is 19.1 Å². The number of anilines is 1. The van der Waals surface area contributed by atoms with Crippen LogP contribution in [0.4, 0.5) is 5.69 Å². The van der Waals surface area contributed by atoms with Crippen LogP contribution in [0.25, 0.3) is 0 Å². The summed E-state index contributed by atoms with van der Waals surface area (Å²) in [6, 6.07) is 14.2. The fraction of sp³-hybridized carbons (Fsp3) is 0.370. The number of hydrogen-bond donors (Lipinski definition) is 0. The lowest BCUT2D eigenvalue weighted by molar-refractivity contribution is -0.124. The Morgan fingerprint density at radius 2 is 1.62 bits per heavy atom. The summed E-state index contributed by atoms with van der Waals surface area (Å²) >= 11 is 0. The Kier molecular flexibility index (Phi) is 4.36. The lowest BCUT2D eigenvalue weighted by atomic mass is 9.63. The first-order valence-electron chi connectivity index (χ1n) is 11.5. The fourth-order valence-electron chi connectivity index (χ4n) is 6.16. The van der Waals surface area contributed by atoms with Crippen molar-refractivity contribution >= 4 is 23.5 Å². The molecule has 162 valence electrons. The molecule has 0 N–H and O–H groups in total. The molecule has 1 aliphatic heterocycles. The molecule has 5 heteroatoms. The molecule has 3 fully saturated rings. The lowest BCUT2D eigenvalue weighted by Gasteiger charge is -2.37. The van der Waals surface area contributed by atoms with Crippen LogP contribution >= 0.6 is 0 Å². The van der Waals surface area contributed by atoms with Crippen molar-refractivity contribution in [1.29, 1.82) is 0 Å². The molecule has 5 nitrogen and oxygen atoms in total. The zero-order valence-corrected chi connectivity index (χ0v) is 17.9. The van der Waals surface area contributed by atoms with Crippen LogP contribution in [0.2, 0.25) is 0 Å². The third-order valence-corrected chi connectivity index (χ3v) is 7.68. The second-order valence-electron chi connectivity index (χ2n) is 9.50. The van der Waals surface area contributed by atoms with Crippen LogP contribution < -0.4 is 9.64 Å². The van der Waals surface area contributed by atoms with E-state index in [4.69, 9.17) is 4.74 Å². The molecule has 4 aliphatic carbocycles. The molecule has 32 heavy (non-hydrogen) atoms. The van der Waals surface area contributed by atoms with Gasteiger partial charge in [0.15, 0.2) is 0 Å². The van der Waals surface area contributed by atoms with Crippen molar-refractivity contribution in [2.75, 3.05) is 4.90 Å². The summed E-state index contributed by atoms with van der Waals surface area (Å²) in [6.45, 7) is 2.12. The Labute approximate surface area is 187 Å². The smallest absolute Gasteiger partial charge is 0.343 e. The van der Waals surface area contributed by atoms with Gasteiger partial charge in [0.2, 0.25) is 11.8 Å². The molecule has 2 aromatic rings. The molecule has 0 spiro atoms. The Balaban J connectivity index is 1.23. The third-order valence-electron chi connectivity index (χ3n) is 7.68. The zero-order chi connectivity index (χ0) is 22.0. The molecule has 7 rings (SSSR count). The number of imide groups is 1. The topological polar surface area (TPSA) is 63.7 Å². The van der Waals surface area contributed by atoms with Gasteiger partial charge in [-0.1, -0.05) is 43.7 Å². The van der Waals surface area contributed by atoms with Crippen LogP contribution in [0, 0.1) is 35.5 Å². The molecule has 2 aromatic carbocycles. The summed E-state index contributed by atoms with van der Waals surface area (Å²) in [6.07, 6.45) is 7.49. The number of esters is 1. The van der Waals surface area contributed by atoms with Gasteiger partial charge in [0.1, 0.15) is 5.75 Å². The van der Waals surface area contributed by atoms with E-state index in [1.807, 2.05) is 12.1 Å². The summed E-state index contributed by atoms with van der Waals surface area (Å²) in [5.41, 5.74) is 1.97. The van der Waals surface area contributed by atoms with Crippen LogP contribution in [0.1, 0.15) is 35.7 Å². The number of benzene rings is 2. The van der Waals surface area contributed by atoms with Crippen molar-refractivity contribution < 1.29 is 19.1 Å². The third kappa shape index (κ3) is 2.87. The van der Waals surface area contributed by atoms with Crippen molar-refractivity contribution in [2.24, 2.45) is 35.5 Å². The first kappa shape index (κ1) is 19.5. The second-order valence-corrected chi connectivity index (χ2v) is 9.50. The van der Waals surface area contributed by atoms with Crippen LogP contribution in [0.5, 0.6) is 5.75 Å². The highest BCUT2D eigenvalue weighted by atomic mass is 16.5. The molecule has 0 unspecified atom stereocenters. The van der Waals surface area contributed by atoms with Crippen molar-refractivity contribution in [3.8, 4) is 5.75 Å². The highest BCUT2D eigenvalue weighted by Gasteiger charge is 2.67. The molecule has 1 heterocycles. The molecule has 2 saturated carbocycles. The van der Waals surface area contributed by atoms with Gasteiger partial charge in [0.25, 0.3) is 0 Å². The molecule has 2 bridgehead atoms. The van der Waals surface area contributed by atoms with Crippen molar-refractivity contribution in [3.63, 3.8) is 0 Å². The Bertz CT molecular complexity index is 1110. The van der Waals surface area contributed by atoms with Gasteiger partial charge in [-0.05, 0) is 72.4 Å². The number of carbonyl (C=O) groups is 3. The summed E-state index contributed by atoms with van der Waals surface area (Å²) in [5, 5.41) is 0.